The minimum Gasteiger partial charge on any atom is -0.507 e. The zero-order valence-corrected chi connectivity index (χ0v) is 32.4. The second kappa shape index (κ2) is 19.3. The first-order valence-electron chi connectivity index (χ1n) is 18.6. The van der Waals surface area contributed by atoms with Crippen molar-refractivity contribution in [3.05, 3.63) is 107 Å². The summed E-state index contributed by atoms with van der Waals surface area (Å²) in [7, 11) is 1.42. The minimum absolute atomic E-state index is 0.119. The van der Waals surface area contributed by atoms with Crippen LogP contribution in [0.3, 0.4) is 0 Å². The number of amides is 4. The van der Waals surface area contributed by atoms with Crippen LogP contribution >= 0.6 is 11.6 Å². The van der Waals surface area contributed by atoms with Gasteiger partial charge in [-0.05, 0) is 104 Å². The largest absolute Gasteiger partial charge is 0.507 e. The van der Waals surface area contributed by atoms with Gasteiger partial charge in [0, 0.05) is 41.7 Å². The molecule has 5 rings (SSSR count). The van der Waals surface area contributed by atoms with Gasteiger partial charge in [0.05, 0.1) is 0 Å². The van der Waals surface area contributed by atoms with Crippen LogP contribution in [0, 0.1) is 0 Å². The van der Waals surface area contributed by atoms with E-state index in [2.05, 4.69) is 16.0 Å². The number of benzene rings is 4. The molecule has 0 saturated heterocycles. The third-order valence-electron chi connectivity index (χ3n) is 9.71. The van der Waals surface area contributed by atoms with Crippen molar-refractivity contribution in [1.29, 1.82) is 0 Å². The highest BCUT2D eigenvalue weighted by Gasteiger charge is 2.36. The van der Waals surface area contributed by atoms with Gasteiger partial charge < -0.3 is 47.3 Å². The van der Waals surface area contributed by atoms with Gasteiger partial charge in [-0.25, -0.2) is 4.79 Å². The van der Waals surface area contributed by atoms with Crippen LogP contribution < -0.4 is 32.2 Å². The Balaban J connectivity index is 1.54. The number of carboxylic acids is 1. The van der Waals surface area contributed by atoms with E-state index in [0.29, 0.717) is 52.4 Å². The zero-order valence-electron chi connectivity index (χ0n) is 31.7. The molecule has 0 fully saturated rings. The van der Waals surface area contributed by atoms with Gasteiger partial charge in [0.15, 0.2) is 0 Å². The predicted octanol–water partition coefficient (Wildman–Crippen LogP) is 3.77. The Labute approximate surface area is 335 Å². The zero-order chi connectivity index (χ0) is 41.2. The summed E-state index contributed by atoms with van der Waals surface area (Å²) in [6.45, 7) is 2.06. The van der Waals surface area contributed by atoms with E-state index in [0.717, 1.165) is 11.1 Å². The molecular weight excluding hydrogens is 752 g/mol. The maximum Gasteiger partial charge on any atom is 0.326 e. The molecule has 15 heteroatoms. The molecule has 1 aliphatic rings. The van der Waals surface area contributed by atoms with E-state index in [9.17, 15) is 34.2 Å². The predicted molar refractivity (Wildman–Crippen MR) is 216 cm³/mol. The van der Waals surface area contributed by atoms with Gasteiger partial charge in [0.2, 0.25) is 17.7 Å². The van der Waals surface area contributed by atoms with Crippen molar-refractivity contribution in [3.63, 3.8) is 0 Å². The van der Waals surface area contributed by atoms with Crippen LogP contribution in [0.25, 0.3) is 22.3 Å². The highest BCUT2D eigenvalue weighted by Crippen LogP contribution is 2.39. The number of unbranched alkanes of at least 4 members (excludes halogenated alkanes) is 1. The molecule has 0 radical (unpaired) electrons. The van der Waals surface area contributed by atoms with Gasteiger partial charge in [0.1, 0.15) is 42.3 Å². The fraction of sp³-hybridized carbons (Fsp3) is 0.310. The first-order chi connectivity index (χ1) is 27.3. The number of nitrogens with two attached hydrogens (primary N) is 2. The summed E-state index contributed by atoms with van der Waals surface area (Å²) in [5.41, 5.74) is 15.0. The Morgan fingerprint density at radius 3 is 2.23 bits per heavy atom. The van der Waals surface area contributed by atoms with E-state index in [-0.39, 0.29) is 37.3 Å². The summed E-state index contributed by atoms with van der Waals surface area (Å²) in [5.74, 6) is -3.80. The monoisotopic (exact) mass is 798 g/mol. The van der Waals surface area contributed by atoms with Crippen molar-refractivity contribution >= 4 is 41.2 Å². The number of carbonyl (C=O) groups is 5. The molecule has 0 saturated carbocycles. The average molecular weight is 799 g/mol. The molecule has 4 aromatic rings. The number of carbonyl (C=O) groups excluding carboxylic acids is 4. The Bertz CT molecular complexity index is 2100. The molecule has 14 nitrogen and oxygen atoms in total. The molecule has 4 amide bonds. The van der Waals surface area contributed by atoms with E-state index in [4.69, 9.17) is 27.8 Å². The summed E-state index contributed by atoms with van der Waals surface area (Å²) in [6.07, 6.45) is 1.14. The highest BCUT2D eigenvalue weighted by atomic mass is 35.5. The first kappa shape index (κ1) is 42.2. The summed E-state index contributed by atoms with van der Waals surface area (Å²) >= 11 is 6.04. The lowest BCUT2D eigenvalue weighted by molar-refractivity contribution is -0.143. The fourth-order valence-corrected chi connectivity index (χ4v) is 6.74. The maximum atomic E-state index is 14.5. The lowest BCUT2D eigenvalue weighted by atomic mass is 9.93. The number of likely N-dealkylation sites (N-methyl/N-ethyl adjacent to an activating group) is 1. The molecule has 4 bridgehead atoms. The number of aliphatic carboxylic acids is 1. The van der Waals surface area contributed by atoms with Crippen molar-refractivity contribution < 1.29 is 38.9 Å². The molecule has 0 aliphatic carbocycles. The summed E-state index contributed by atoms with van der Waals surface area (Å²) in [4.78, 5) is 69.2. The third-order valence-corrected chi connectivity index (χ3v) is 9.96. The summed E-state index contributed by atoms with van der Waals surface area (Å²) < 4.78 is 5.93. The van der Waals surface area contributed by atoms with Crippen molar-refractivity contribution in [2.24, 2.45) is 11.5 Å². The number of nitrogens with zero attached hydrogens (tertiary/aromatic N) is 1. The first-order valence-corrected chi connectivity index (χ1v) is 18.9. The normalized spacial score (nSPS) is 17.3. The molecule has 9 N–H and O–H groups in total. The van der Waals surface area contributed by atoms with E-state index in [1.165, 1.54) is 24.9 Å². The number of ether oxygens (including phenoxy) is 1. The average Bonchev–Trinajstić information content (AvgIpc) is 3.20. The van der Waals surface area contributed by atoms with Crippen LogP contribution in [0.5, 0.6) is 11.5 Å². The second-order valence-corrected chi connectivity index (χ2v) is 14.3. The van der Waals surface area contributed by atoms with Crippen molar-refractivity contribution in [2.45, 2.75) is 56.8 Å². The van der Waals surface area contributed by atoms with Gasteiger partial charge in [-0.1, -0.05) is 48.0 Å². The van der Waals surface area contributed by atoms with E-state index in [1.54, 1.807) is 66.7 Å². The van der Waals surface area contributed by atoms with Crippen LogP contribution in [0.15, 0.2) is 84.9 Å². The number of halogens is 1. The van der Waals surface area contributed by atoms with Gasteiger partial charge in [0.25, 0.3) is 5.91 Å². The number of hydrogen-bond acceptors (Lipinski definition) is 9. The van der Waals surface area contributed by atoms with E-state index >= 15 is 0 Å². The number of phenols is 1. The lowest BCUT2D eigenvalue weighted by Gasteiger charge is -2.32. The van der Waals surface area contributed by atoms with Gasteiger partial charge >= 0.3 is 5.97 Å². The Morgan fingerprint density at radius 2 is 1.58 bits per heavy atom. The summed E-state index contributed by atoms with van der Waals surface area (Å²) in [6, 6.07) is 18.4. The Morgan fingerprint density at radius 1 is 0.895 bits per heavy atom. The van der Waals surface area contributed by atoms with Crippen molar-refractivity contribution in [2.75, 3.05) is 26.7 Å². The molecule has 0 aromatic heterocycles. The standard InChI is InChI=1S/C42H47ClN6O8/c1-24-38(51)48-34(42(55)56)22-25-6-16-35(50)31(21-25)32-23-29(13-17-36(32)57-20-19-45)37(40(53)46-24)49(2)41(54)33(5-3-4-18-44)47-39(52)28-9-7-26(8-10-28)27-11-14-30(43)15-12-27/h6-17,21,23-24,33-34,37,50H,3-5,18-20,22,44-45H2,1-2H3,(H,46,53)(H,47,52)(H,48,51)(H,55,56). The second-order valence-electron chi connectivity index (χ2n) is 13.8. The maximum absolute atomic E-state index is 14.5. The number of aromatic hydroxyl groups is 1. The number of carboxylic acid groups (broad SMARTS) is 1. The minimum atomic E-state index is -1.38. The summed E-state index contributed by atoms with van der Waals surface area (Å²) in [5, 5.41) is 29.6. The lowest BCUT2D eigenvalue weighted by Crippen LogP contribution is -2.54. The smallest absolute Gasteiger partial charge is 0.326 e. The van der Waals surface area contributed by atoms with Crippen molar-refractivity contribution in [3.8, 4) is 33.8 Å². The molecule has 4 aromatic carbocycles. The van der Waals surface area contributed by atoms with Gasteiger partial charge in [-0.3, -0.25) is 19.2 Å². The molecular formula is C42H47ClN6O8. The van der Waals surface area contributed by atoms with Crippen molar-refractivity contribution in [1.82, 2.24) is 20.9 Å². The van der Waals surface area contributed by atoms with Crippen LogP contribution in [-0.4, -0.2) is 89.6 Å². The number of hydrogen-bond donors (Lipinski definition) is 7. The van der Waals surface area contributed by atoms with Crippen LogP contribution in [0.2, 0.25) is 5.02 Å². The number of fused-ring (bicyclic) bond motifs is 5. The fourth-order valence-electron chi connectivity index (χ4n) is 6.61. The number of phenolic OH excluding ortho intramolecular Hbond substituents is 1. The van der Waals surface area contributed by atoms with Crippen LogP contribution in [0.4, 0.5) is 0 Å². The van der Waals surface area contributed by atoms with Crippen LogP contribution in [-0.2, 0) is 25.6 Å². The molecule has 0 spiro atoms. The number of nitrogens with one attached hydrogen (secondary N) is 3. The topological polar surface area (TPSA) is 226 Å². The molecule has 57 heavy (non-hydrogen) atoms. The molecule has 1 heterocycles. The van der Waals surface area contributed by atoms with Crippen LogP contribution in [0.1, 0.15) is 53.7 Å². The third kappa shape index (κ3) is 10.5. The van der Waals surface area contributed by atoms with E-state index in [1.807, 2.05) is 12.1 Å². The Kier molecular flexibility index (Phi) is 14.3. The quantitative estimate of drug-likeness (QED) is 0.0970. The van der Waals surface area contributed by atoms with E-state index < -0.39 is 53.8 Å². The SMILES string of the molecule is CC1NC(=O)C(N(C)C(=O)C(CCCCN)NC(=O)c2ccc(-c3ccc(Cl)cc3)cc2)c2ccc(OCCN)c(c2)-c2cc(ccc2O)CC(C(=O)O)NC1=O. The molecule has 1 aliphatic heterocycles. The highest BCUT2D eigenvalue weighted by molar-refractivity contribution is 6.30. The number of rotatable bonds is 13. The van der Waals surface area contributed by atoms with Gasteiger partial charge in [-0.15, -0.1) is 0 Å². The molecule has 4 atom stereocenters. The Hall–Kier alpha value is -5.96. The van der Waals surface area contributed by atoms with Gasteiger partial charge in [-0.2, -0.15) is 0 Å². The molecule has 300 valence electrons. The molecule has 4 unspecified atom stereocenters.